The molecule has 0 spiro atoms. The summed E-state index contributed by atoms with van der Waals surface area (Å²) in [5.41, 5.74) is 5.17. The van der Waals surface area contributed by atoms with Gasteiger partial charge in [0.05, 0.1) is 5.02 Å². The van der Waals surface area contributed by atoms with Crippen molar-refractivity contribution >= 4 is 22.9 Å². The number of aromatic nitrogens is 1. The number of hydrogen-bond donors (Lipinski definition) is 0. The second-order valence-corrected chi connectivity index (χ2v) is 6.75. The van der Waals surface area contributed by atoms with E-state index < -0.39 is 0 Å². The van der Waals surface area contributed by atoms with Gasteiger partial charge in [0.15, 0.2) is 0 Å². The molecule has 0 saturated carbocycles. The van der Waals surface area contributed by atoms with Gasteiger partial charge in [0, 0.05) is 22.2 Å². The zero-order valence-corrected chi connectivity index (χ0v) is 14.9. The van der Waals surface area contributed by atoms with E-state index in [1.165, 1.54) is 0 Å². The highest BCUT2D eigenvalue weighted by Crippen LogP contribution is 2.29. The Hall–Kier alpha value is -1.84. The lowest BCUT2D eigenvalue weighted by molar-refractivity contribution is 0.304. The molecule has 2 aromatic carbocycles. The summed E-state index contributed by atoms with van der Waals surface area (Å²) in [5.74, 6) is 0.855. The second-order valence-electron chi connectivity index (χ2n) is 5.52. The fourth-order valence-corrected chi connectivity index (χ4v) is 3.29. The van der Waals surface area contributed by atoms with Crippen LogP contribution in [-0.4, -0.2) is 4.98 Å². The van der Waals surface area contributed by atoms with Crippen molar-refractivity contribution in [1.82, 2.24) is 4.98 Å². The van der Waals surface area contributed by atoms with Gasteiger partial charge in [-0.1, -0.05) is 23.7 Å². The van der Waals surface area contributed by atoms with Crippen LogP contribution in [0, 0.1) is 26.8 Å². The van der Waals surface area contributed by atoms with Crippen LogP contribution in [-0.2, 0) is 6.61 Å². The average molecular weight is 343 g/mol. The molecule has 0 saturated heterocycles. The van der Waals surface area contributed by atoms with Gasteiger partial charge < -0.3 is 4.74 Å². The fraction of sp³-hybridized carbons (Fsp3) is 0.211. The smallest absolute Gasteiger partial charge is 0.123 e. The Kier molecular flexibility index (Phi) is 4.69. The molecule has 3 rings (SSSR count). The van der Waals surface area contributed by atoms with E-state index >= 15 is 0 Å². The molecule has 1 heterocycles. The molecule has 1 radical (unpaired) electrons. The Morgan fingerprint density at radius 2 is 2.00 bits per heavy atom. The number of hydrogen-bond acceptors (Lipinski definition) is 3. The quantitative estimate of drug-likeness (QED) is 0.600. The first-order valence-corrected chi connectivity index (χ1v) is 8.62. The molecule has 0 aliphatic carbocycles. The summed E-state index contributed by atoms with van der Waals surface area (Å²) in [5, 5.41) is 3.82. The molecule has 117 valence electrons. The number of aryl methyl sites for hydroxylation is 3. The van der Waals surface area contributed by atoms with E-state index in [9.17, 15) is 0 Å². The Balaban J connectivity index is 1.77. The normalized spacial score (nSPS) is 10.8. The standard InChI is InChI=1S/C19H17ClNOS/c1-12-5-4-6-16(18(12)20)10-22-17-8-7-15(9-13(17)2)19-21-14(3)11-23-19/h4-5,7-9,11H,10H2,1-3H3. The van der Waals surface area contributed by atoms with Gasteiger partial charge in [-0.05, 0) is 56.2 Å². The average Bonchev–Trinajstić information content (AvgIpc) is 2.96. The third-order valence-electron chi connectivity index (χ3n) is 3.61. The van der Waals surface area contributed by atoms with Crippen LogP contribution in [0.2, 0.25) is 5.02 Å². The first-order chi connectivity index (χ1) is 11.0. The summed E-state index contributed by atoms with van der Waals surface area (Å²) in [7, 11) is 0. The van der Waals surface area contributed by atoms with Crippen LogP contribution in [0.1, 0.15) is 22.4 Å². The maximum Gasteiger partial charge on any atom is 0.123 e. The largest absolute Gasteiger partial charge is 0.489 e. The first-order valence-electron chi connectivity index (χ1n) is 7.36. The van der Waals surface area contributed by atoms with Crippen molar-refractivity contribution < 1.29 is 4.74 Å². The van der Waals surface area contributed by atoms with Gasteiger partial charge in [0.2, 0.25) is 0 Å². The molecular formula is C19H17ClNOS. The molecule has 2 nitrogen and oxygen atoms in total. The van der Waals surface area contributed by atoms with Crippen LogP contribution in [0.4, 0.5) is 0 Å². The molecule has 1 aromatic heterocycles. The van der Waals surface area contributed by atoms with Crippen molar-refractivity contribution in [2.75, 3.05) is 0 Å². The van der Waals surface area contributed by atoms with E-state index in [0.29, 0.717) is 6.61 Å². The van der Waals surface area contributed by atoms with Crippen molar-refractivity contribution in [1.29, 1.82) is 0 Å². The van der Waals surface area contributed by atoms with Crippen LogP contribution < -0.4 is 4.74 Å². The molecule has 0 aliphatic rings. The second kappa shape index (κ2) is 6.73. The molecule has 0 atom stereocenters. The first kappa shape index (κ1) is 16.0. The van der Waals surface area contributed by atoms with Gasteiger partial charge >= 0.3 is 0 Å². The van der Waals surface area contributed by atoms with Crippen LogP contribution in [0.25, 0.3) is 10.6 Å². The van der Waals surface area contributed by atoms with Crippen LogP contribution in [0.3, 0.4) is 0 Å². The highest BCUT2D eigenvalue weighted by Gasteiger charge is 2.08. The van der Waals surface area contributed by atoms with Gasteiger partial charge in [-0.3, -0.25) is 0 Å². The van der Waals surface area contributed by atoms with Crippen LogP contribution >= 0.6 is 22.9 Å². The molecular weight excluding hydrogens is 326 g/mol. The van der Waals surface area contributed by atoms with E-state index in [2.05, 4.69) is 22.5 Å². The number of ether oxygens (including phenoxy) is 1. The number of benzene rings is 2. The summed E-state index contributed by atoms with van der Waals surface area (Å²) < 4.78 is 5.92. The number of nitrogens with zero attached hydrogens (tertiary/aromatic N) is 1. The summed E-state index contributed by atoms with van der Waals surface area (Å²) in [6, 6.07) is 13.1. The number of halogens is 1. The molecule has 23 heavy (non-hydrogen) atoms. The Morgan fingerprint density at radius 1 is 1.17 bits per heavy atom. The Bertz CT molecular complexity index is 841. The number of rotatable bonds is 4. The Labute approximate surface area is 145 Å². The Morgan fingerprint density at radius 3 is 2.70 bits per heavy atom. The van der Waals surface area contributed by atoms with E-state index in [4.69, 9.17) is 16.3 Å². The zero-order chi connectivity index (χ0) is 16.4. The predicted octanol–water partition coefficient (Wildman–Crippen LogP) is 5.77. The molecule has 4 heteroatoms. The molecule has 0 aliphatic heterocycles. The van der Waals surface area contributed by atoms with Gasteiger partial charge in [-0.25, -0.2) is 4.98 Å². The predicted molar refractivity (Wildman–Crippen MR) is 96.4 cm³/mol. The summed E-state index contributed by atoms with van der Waals surface area (Å²) in [6.45, 7) is 6.44. The third kappa shape index (κ3) is 3.57. The van der Waals surface area contributed by atoms with Gasteiger partial charge in [0.25, 0.3) is 0 Å². The minimum atomic E-state index is 0.414. The maximum atomic E-state index is 6.29. The molecule has 0 N–H and O–H groups in total. The topological polar surface area (TPSA) is 22.1 Å². The minimum absolute atomic E-state index is 0.414. The summed E-state index contributed by atoms with van der Waals surface area (Å²) in [6.07, 6.45) is 0. The molecule has 3 aromatic rings. The number of thiazole rings is 1. The van der Waals surface area contributed by atoms with E-state index in [-0.39, 0.29) is 0 Å². The highest BCUT2D eigenvalue weighted by atomic mass is 35.5. The zero-order valence-electron chi connectivity index (χ0n) is 13.3. The third-order valence-corrected chi connectivity index (χ3v) is 5.15. The fourth-order valence-electron chi connectivity index (χ4n) is 2.33. The van der Waals surface area contributed by atoms with Crippen molar-refractivity contribution in [2.45, 2.75) is 27.4 Å². The lowest BCUT2D eigenvalue weighted by Crippen LogP contribution is -1.99. The van der Waals surface area contributed by atoms with E-state index in [0.717, 1.165) is 43.7 Å². The minimum Gasteiger partial charge on any atom is -0.489 e. The monoisotopic (exact) mass is 342 g/mol. The lowest BCUT2D eigenvalue weighted by Gasteiger charge is -2.11. The van der Waals surface area contributed by atoms with Crippen LogP contribution in [0.15, 0.2) is 35.7 Å². The molecule has 0 amide bonds. The highest BCUT2D eigenvalue weighted by molar-refractivity contribution is 7.13. The van der Waals surface area contributed by atoms with Gasteiger partial charge in [-0.15, -0.1) is 11.3 Å². The lowest BCUT2D eigenvalue weighted by atomic mass is 10.1. The van der Waals surface area contributed by atoms with Crippen molar-refractivity contribution in [3.8, 4) is 16.3 Å². The summed E-state index contributed by atoms with van der Waals surface area (Å²) in [4.78, 5) is 4.52. The maximum absolute atomic E-state index is 6.29. The van der Waals surface area contributed by atoms with Crippen LogP contribution in [0.5, 0.6) is 5.75 Å². The van der Waals surface area contributed by atoms with Gasteiger partial charge in [-0.2, -0.15) is 0 Å². The van der Waals surface area contributed by atoms with Gasteiger partial charge in [0.1, 0.15) is 17.4 Å². The van der Waals surface area contributed by atoms with Crippen molar-refractivity contribution in [2.24, 2.45) is 0 Å². The van der Waals surface area contributed by atoms with E-state index in [1.807, 2.05) is 45.0 Å². The van der Waals surface area contributed by atoms with E-state index in [1.54, 1.807) is 11.3 Å². The van der Waals surface area contributed by atoms with Crippen molar-refractivity contribution in [3.63, 3.8) is 0 Å². The molecule has 0 unspecified atom stereocenters. The van der Waals surface area contributed by atoms with Crippen molar-refractivity contribution in [3.05, 3.63) is 69.2 Å². The molecule has 0 bridgehead atoms. The summed E-state index contributed by atoms with van der Waals surface area (Å²) >= 11 is 7.95. The SMILES string of the molecule is Cc1csc(-c2ccc(OCc3[c]ccc(C)c3Cl)c(C)c2)n1. The molecule has 0 fully saturated rings.